The molecule has 0 aromatic heterocycles. The zero-order chi connectivity index (χ0) is 22.8. The molecule has 6 nitrogen and oxygen atoms in total. The van der Waals surface area contributed by atoms with Crippen LogP contribution in [-0.4, -0.2) is 35.2 Å². The molecule has 0 spiro atoms. The van der Waals surface area contributed by atoms with Crippen LogP contribution < -0.4 is 11.1 Å². The topological polar surface area (TPSA) is 92.5 Å². The van der Waals surface area contributed by atoms with E-state index in [-0.39, 0.29) is 24.2 Å². The number of nitrogen functional groups attached to an aromatic ring is 1. The Balaban J connectivity index is 1.59. The van der Waals surface area contributed by atoms with Crippen molar-refractivity contribution in [2.45, 2.75) is 12.5 Å². The Morgan fingerprint density at radius 3 is 2.31 bits per heavy atom. The molecule has 3 amide bonds. The second kappa shape index (κ2) is 8.80. The maximum atomic E-state index is 13.7. The van der Waals surface area contributed by atoms with Crippen molar-refractivity contribution in [1.82, 2.24) is 10.2 Å². The smallest absolute Gasteiger partial charge is 0.261 e. The van der Waals surface area contributed by atoms with Crippen LogP contribution in [0.4, 0.5) is 10.1 Å². The summed E-state index contributed by atoms with van der Waals surface area (Å²) < 4.78 is 13.7. The normalized spacial score (nSPS) is 13.8. The SMILES string of the molecule is Nc1cc(C(=O)NC(Cc2cccc(F)c2)CN2C(=O)c3ccccc3C2=O)ccc1Cl. The van der Waals surface area contributed by atoms with E-state index >= 15 is 0 Å². The van der Waals surface area contributed by atoms with Crippen molar-refractivity contribution in [2.24, 2.45) is 0 Å². The van der Waals surface area contributed by atoms with Crippen LogP contribution in [-0.2, 0) is 6.42 Å². The number of benzene rings is 3. The van der Waals surface area contributed by atoms with Crippen molar-refractivity contribution in [1.29, 1.82) is 0 Å². The van der Waals surface area contributed by atoms with Crippen molar-refractivity contribution < 1.29 is 18.8 Å². The quantitative estimate of drug-likeness (QED) is 0.441. The number of carbonyl (C=O) groups excluding carboxylic acids is 3. The van der Waals surface area contributed by atoms with Gasteiger partial charge in [0, 0.05) is 12.1 Å². The second-order valence-corrected chi connectivity index (χ2v) is 7.91. The van der Waals surface area contributed by atoms with Gasteiger partial charge in [-0.1, -0.05) is 35.9 Å². The van der Waals surface area contributed by atoms with Crippen LogP contribution >= 0.6 is 11.6 Å². The van der Waals surface area contributed by atoms with Crippen molar-refractivity contribution >= 4 is 35.0 Å². The summed E-state index contributed by atoms with van der Waals surface area (Å²) in [5, 5.41) is 3.16. The number of hydrogen-bond donors (Lipinski definition) is 2. The number of nitrogens with two attached hydrogens (primary N) is 1. The van der Waals surface area contributed by atoms with Crippen molar-refractivity contribution in [3.63, 3.8) is 0 Å². The Labute approximate surface area is 188 Å². The summed E-state index contributed by atoms with van der Waals surface area (Å²) in [4.78, 5) is 39.5. The lowest BCUT2D eigenvalue weighted by Gasteiger charge is -2.24. The third kappa shape index (κ3) is 4.33. The minimum Gasteiger partial charge on any atom is -0.398 e. The molecule has 1 heterocycles. The first-order valence-corrected chi connectivity index (χ1v) is 10.3. The number of halogens is 2. The molecule has 3 aromatic rings. The van der Waals surface area contributed by atoms with Crippen molar-refractivity contribution in [2.75, 3.05) is 12.3 Å². The fraction of sp³-hybridized carbons (Fsp3) is 0.125. The molecule has 1 unspecified atom stereocenters. The van der Waals surface area contributed by atoms with Crippen LogP contribution in [0.3, 0.4) is 0 Å². The molecule has 4 rings (SSSR count). The summed E-state index contributed by atoms with van der Waals surface area (Å²) in [6.07, 6.45) is 0.208. The molecule has 0 saturated carbocycles. The van der Waals surface area contributed by atoms with Gasteiger partial charge in [-0.2, -0.15) is 0 Å². The fourth-order valence-corrected chi connectivity index (χ4v) is 3.81. The number of carbonyl (C=O) groups is 3. The molecule has 1 atom stereocenters. The second-order valence-electron chi connectivity index (χ2n) is 7.51. The maximum Gasteiger partial charge on any atom is 0.261 e. The number of hydrogen-bond acceptors (Lipinski definition) is 4. The molecule has 3 aromatic carbocycles. The average Bonchev–Trinajstić information content (AvgIpc) is 3.00. The number of anilines is 1. The molecule has 0 fully saturated rings. The predicted octanol–water partition coefficient (Wildman–Crippen LogP) is 3.70. The monoisotopic (exact) mass is 451 g/mol. The first-order valence-electron chi connectivity index (χ1n) is 9.89. The van der Waals surface area contributed by atoms with Gasteiger partial charge in [0.15, 0.2) is 0 Å². The van der Waals surface area contributed by atoms with Crippen LogP contribution in [0.15, 0.2) is 66.7 Å². The third-order valence-electron chi connectivity index (χ3n) is 5.25. The number of fused-ring (bicyclic) bond motifs is 1. The van der Waals surface area contributed by atoms with E-state index in [0.717, 1.165) is 4.90 Å². The van der Waals surface area contributed by atoms with E-state index in [0.29, 0.717) is 21.7 Å². The van der Waals surface area contributed by atoms with Gasteiger partial charge in [0.25, 0.3) is 17.7 Å². The van der Waals surface area contributed by atoms with Gasteiger partial charge in [0.2, 0.25) is 0 Å². The van der Waals surface area contributed by atoms with Crippen LogP contribution in [0, 0.1) is 5.82 Å². The average molecular weight is 452 g/mol. The Morgan fingerprint density at radius 1 is 1.00 bits per heavy atom. The van der Waals surface area contributed by atoms with Gasteiger partial charge in [0.05, 0.1) is 27.9 Å². The highest BCUT2D eigenvalue weighted by molar-refractivity contribution is 6.33. The maximum absolute atomic E-state index is 13.7. The minimum absolute atomic E-state index is 0.0718. The summed E-state index contributed by atoms with van der Waals surface area (Å²) in [6, 6.07) is 16.3. The molecular formula is C24H19ClFN3O3. The number of nitrogens with zero attached hydrogens (tertiary/aromatic N) is 1. The number of imide groups is 1. The predicted molar refractivity (Wildman–Crippen MR) is 119 cm³/mol. The molecule has 8 heteroatoms. The van der Waals surface area contributed by atoms with Gasteiger partial charge in [-0.3, -0.25) is 19.3 Å². The zero-order valence-electron chi connectivity index (χ0n) is 16.8. The van der Waals surface area contributed by atoms with Crippen LogP contribution in [0.2, 0.25) is 5.02 Å². The third-order valence-corrected chi connectivity index (χ3v) is 5.59. The van der Waals surface area contributed by atoms with Gasteiger partial charge in [-0.05, 0) is 54.4 Å². The molecule has 0 saturated heterocycles. The minimum atomic E-state index is -0.664. The lowest BCUT2D eigenvalue weighted by Crippen LogP contribution is -2.47. The molecule has 1 aliphatic rings. The van der Waals surface area contributed by atoms with Crippen LogP contribution in [0.1, 0.15) is 36.6 Å². The van der Waals surface area contributed by atoms with Gasteiger partial charge in [0.1, 0.15) is 5.82 Å². The van der Waals surface area contributed by atoms with E-state index in [1.54, 1.807) is 36.4 Å². The number of amides is 3. The lowest BCUT2D eigenvalue weighted by atomic mass is 10.0. The van der Waals surface area contributed by atoms with E-state index in [1.165, 1.54) is 30.3 Å². The van der Waals surface area contributed by atoms with Gasteiger partial charge in [-0.25, -0.2) is 4.39 Å². The van der Waals surface area contributed by atoms with E-state index in [2.05, 4.69) is 5.32 Å². The van der Waals surface area contributed by atoms with Gasteiger partial charge < -0.3 is 11.1 Å². The summed E-state index contributed by atoms with van der Waals surface area (Å²) in [5.41, 5.74) is 7.57. The van der Waals surface area contributed by atoms with Crippen LogP contribution in [0.25, 0.3) is 0 Å². The summed E-state index contributed by atoms with van der Waals surface area (Å²) >= 11 is 5.93. The molecule has 1 aliphatic heterocycles. The van der Waals surface area contributed by atoms with Crippen LogP contribution in [0.5, 0.6) is 0 Å². The first-order chi connectivity index (χ1) is 15.3. The Hall–Kier alpha value is -3.71. The molecular weight excluding hydrogens is 433 g/mol. The number of nitrogens with one attached hydrogen (secondary N) is 1. The number of rotatable bonds is 6. The standard InChI is InChI=1S/C24H19ClFN3O3/c25-20-9-8-15(12-21(20)27)22(30)28-17(11-14-4-3-5-16(26)10-14)13-29-23(31)18-6-1-2-7-19(18)24(29)32/h1-10,12,17H,11,13,27H2,(H,28,30). The van der Waals surface area contributed by atoms with E-state index in [9.17, 15) is 18.8 Å². The summed E-state index contributed by atoms with van der Waals surface area (Å²) in [5.74, 6) is -1.73. The summed E-state index contributed by atoms with van der Waals surface area (Å²) in [7, 11) is 0. The molecule has 32 heavy (non-hydrogen) atoms. The van der Waals surface area contributed by atoms with E-state index in [1.807, 2.05) is 0 Å². The van der Waals surface area contributed by atoms with Gasteiger partial charge >= 0.3 is 0 Å². The molecule has 162 valence electrons. The highest BCUT2D eigenvalue weighted by atomic mass is 35.5. The van der Waals surface area contributed by atoms with Crippen molar-refractivity contribution in [3.8, 4) is 0 Å². The Morgan fingerprint density at radius 2 is 1.69 bits per heavy atom. The van der Waals surface area contributed by atoms with E-state index in [4.69, 9.17) is 17.3 Å². The fourth-order valence-electron chi connectivity index (χ4n) is 3.69. The molecule has 0 bridgehead atoms. The molecule has 3 N–H and O–H groups in total. The lowest BCUT2D eigenvalue weighted by molar-refractivity contribution is 0.0628. The first kappa shape index (κ1) is 21.5. The summed E-state index contributed by atoms with van der Waals surface area (Å²) in [6.45, 7) is -0.0718. The highest BCUT2D eigenvalue weighted by Crippen LogP contribution is 2.24. The van der Waals surface area contributed by atoms with Gasteiger partial charge in [-0.15, -0.1) is 0 Å². The Bertz CT molecular complexity index is 1200. The molecule has 0 radical (unpaired) electrons. The Kier molecular flexibility index (Phi) is 5.92. The van der Waals surface area contributed by atoms with Crippen molar-refractivity contribution in [3.05, 3.63) is 99.8 Å². The largest absolute Gasteiger partial charge is 0.398 e. The zero-order valence-corrected chi connectivity index (χ0v) is 17.6. The highest BCUT2D eigenvalue weighted by Gasteiger charge is 2.36. The molecule has 0 aliphatic carbocycles. The van der Waals surface area contributed by atoms with E-state index < -0.39 is 29.6 Å².